The SMILES string of the molecule is CC(C)C(C)COC(=O)C(C)(C)O. The lowest BCUT2D eigenvalue weighted by atomic mass is 9.99. The molecule has 0 spiro atoms. The van der Waals surface area contributed by atoms with Gasteiger partial charge in [0.1, 0.15) is 0 Å². The third-order valence-electron chi connectivity index (χ3n) is 2.11. The summed E-state index contributed by atoms with van der Waals surface area (Å²) in [5.74, 6) is 0.251. The summed E-state index contributed by atoms with van der Waals surface area (Å²) in [6, 6.07) is 0. The van der Waals surface area contributed by atoms with Crippen LogP contribution in [0.4, 0.5) is 0 Å². The van der Waals surface area contributed by atoms with E-state index in [1.807, 2.05) is 6.92 Å². The molecule has 0 aliphatic heterocycles. The fourth-order valence-corrected chi connectivity index (χ4v) is 0.576. The van der Waals surface area contributed by atoms with Crippen LogP contribution in [-0.4, -0.2) is 23.3 Å². The molecule has 1 unspecified atom stereocenters. The van der Waals surface area contributed by atoms with Crippen molar-refractivity contribution in [2.45, 2.75) is 40.2 Å². The Bertz CT molecular complexity index is 167. The molecule has 0 aromatic carbocycles. The van der Waals surface area contributed by atoms with Gasteiger partial charge in [0, 0.05) is 0 Å². The molecule has 0 radical (unpaired) electrons. The average molecular weight is 188 g/mol. The second kappa shape index (κ2) is 4.61. The van der Waals surface area contributed by atoms with Gasteiger partial charge in [-0.05, 0) is 25.7 Å². The van der Waals surface area contributed by atoms with Gasteiger partial charge in [-0.25, -0.2) is 4.79 Å². The average Bonchev–Trinajstić information content (AvgIpc) is 1.97. The molecule has 0 aromatic heterocycles. The second-order valence-corrected chi connectivity index (χ2v) is 4.38. The van der Waals surface area contributed by atoms with Crippen molar-refractivity contribution in [3.63, 3.8) is 0 Å². The van der Waals surface area contributed by atoms with Gasteiger partial charge in [-0.1, -0.05) is 20.8 Å². The first-order valence-electron chi connectivity index (χ1n) is 4.64. The van der Waals surface area contributed by atoms with Crippen LogP contribution < -0.4 is 0 Å². The standard InChI is InChI=1S/C10H20O3/c1-7(2)8(3)6-13-9(11)10(4,5)12/h7-8,12H,6H2,1-5H3. The Labute approximate surface area is 80.1 Å². The van der Waals surface area contributed by atoms with Gasteiger partial charge in [-0.2, -0.15) is 0 Å². The Balaban J connectivity index is 3.84. The van der Waals surface area contributed by atoms with E-state index in [1.54, 1.807) is 0 Å². The molecule has 0 saturated carbocycles. The first-order valence-corrected chi connectivity index (χ1v) is 4.64. The number of carbonyl (C=O) groups is 1. The molecule has 0 aliphatic carbocycles. The van der Waals surface area contributed by atoms with Crippen molar-refractivity contribution in [3.8, 4) is 0 Å². The van der Waals surface area contributed by atoms with E-state index in [1.165, 1.54) is 13.8 Å². The molecule has 0 amide bonds. The number of aliphatic hydroxyl groups is 1. The van der Waals surface area contributed by atoms with E-state index in [4.69, 9.17) is 4.74 Å². The maximum atomic E-state index is 11.1. The van der Waals surface area contributed by atoms with Gasteiger partial charge in [0.05, 0.1) is 6.61 Å². The molecule has 13 heavy (non-hydrogen) atoms. The molecule has 0 fully saturated rings. The molecule has 0 aromatic rings. The van der Waals surface area contributed by atoms with Crippen LogP contribution in [0, 0.1) is 11.8 Å². The molecule has 3 heteroatoms. The summed E-state index contributed by atoms with van der Waals surface area (Å²) in [6.45, 7) is 9.39. The van der Waals surface area contributed by atoms with E-state index >= 15 is 0 Å². The molecular formula is C10H20O3. The number of hydrogen-bond donors (Lipinski definition) is 1. The van der Waals surface area contributed by atoms with Crippen LogP contribution in [0.5, 0.6) is 0 Å². The highest BCUT2D eigenvalue weighted by Gasteiger charge is 2.26. The minimum Gasteiger partial charge on any atom is -0.463 e. The highest BCUT2D eigenvalue weighted by molar-refractivity contribution is 5.78. The van der Waals surface area contributed by atoms with Crippen LogP contribution >= 0.6 is 0 Å². The Morgan fingerprint density at radius 3 is 2.15 bits per heavy atom. The van der Waals surface area contributed by atoms with Gasteiger partial charge in [0.2, 0.25) is 0 Å². The molecular weight excluding hydrogens is 168 g/mol. The third-order valence-corrected chi connectivity index (χ3v) is 2.11. The smallest absolute Gasteiger partial charge is 0.337 e. The minimum absolute atomic E-state index is 0.325. The van der Waals surface area contributed by atoms with Crippen molar-refractivity contribution in [2.75, 3.05) is 6.61 Å². The predicted octanol–water partition coefficient (Wildman–Crippen LogP) is 1.59. The Hall–Kier alpha value is -0.570. The lowest BCUT2D eigenvalue weighted by Crippen LogP contribution is -2.34. The second-order valence-electron chi connectivity index (χ2n) is 4.38. The van der Waals surface area contributed by atoms with Crippen LogP contribution in [0.2, 0.25) is 0 Å². The van der Waals surface area contributed by atoms with Gasteiger partial charge < -0.3 is 9.84 Å². The monoisotopic (exact) mass is 188 g/mol. The van der Waals surface area contributed by atoms with E-state index in [-0.39, 0.29) is 0 Å². The van der Waals surface area contributed by atoms with Crippen molar-refractivity contribution >= 4 is 5.97 Å². The minimum atomic E-state index is -1.38. The van der Waals surface area contributed by atoms with Gasteiger partial charge in [-0.3, -0.25) is 0 Å². The maximum Gasteiger partial charge on any atom is 0.337 e. The molecule has 0 saturated heterocycles. The van der Waals surface area contributed by atoms with Crippen LogP contribution in [0.15, 0.2) is 0 Å². The highest BCUT2D eigenvalue weighted by Crippen LogP contribution is 2.11. The first-order chi connectivity index (χ1) is 5.75. The fourth-order valence-electron chi connectivity index (χ4n) is 0.576. The van der Waals surface area contributed by atoms with Crippen molar-refractivity contribution in [1.29, 1.82) is 0 Å². The van der Waals surface area contributed by atoms with Crippen molar-refractivity contribution in [2.24, 2.45) is 11.8 Å². The zero-order chi connectivity index (χ0) is 10.6. The molecule has 78 valence electrons. The fraction of sp³-hybridized carbons (Fsp3) is 0.900. The summed E-state index contributed by atoms with van der Waals surface area (Å²) in [6.07, 6.45) is 0. The first kappa shape index (κ1) is 12.4. The van der Waals surface area contributed by atoms with Crippen molar-refractivity contribution in [1.82, 2.24) is 0 Å². The number of rotatable bonds is 4. The van der Waals surface area contributed by atoms with Crippen LogP contribution in [0.25, 0.3) is 0 Å². The van der Waals surface area contributed by atoms with Gasteiger partial charge >= 0.3 is 5.97 Å². The molecule has 1 N–H and O–H groups in total. The quantitative estimate of drug-likeness (QED) is 0.681. The zero-order valence-corrected chi connectivity index (χ0v) is 9.13. The molecule has 0 heterocycles. The van der Waals surface area contributed by atoms with E-state index in [0.29, 0.717) is 18.4 Å². The molecule has 0 rings (SSSR count). The van der Waals surface area contributed by atoms with E-state index < -0.39 is 11.6 Å². The predicted molar refractivity (Wildman–Crippen MR) is 51.3 cm³/mol. The summed E-state index contributed by atoms with van der Waals surface area (Å²) in [5, 5.41) is 9.26. The molecule has 0 bridgehead atoms. The van der Waals surface area contributed by atoms with Crippen LogP contribution in [0.3, 0.4) is 0 Å². The van der Waals surface area contributed by atoms with Gasteiger partial charge in [0.15, 0.2) is 5.60 Å². The topological polar surface area (TPSA) is 46.5 Å². The number of hydrogen-bond acceptors (Lipinski definition) is 3. The Kier molecular flexibility index (Phi) is 4.40. The number of ether oxygens (including phenoxy) is 1. The lowest BCUT2D eigenvalue weighted by Gasteiger charge is -2.19. The van der Waals surface area contributed by atoms with E-state index in [2.05, 4.69) is 13.8 Å². The molecule has 0 aliphatic rings. The summed E-state index contributed by atoms with van der Waals surface area (Å²) < 4.78 is 4.94. The summed E-state index contributed by atoms with van der Waals surface area (Å²) in [7, 11) is 0. The van der Waals surface area contributed by atoms with Gasteiger partial charge in [0.25, 0.3) is 0 Å². The zero-order valence-electron chi connectivity index (χ0n) is 9.13. The normalized spacial score (nSPS) is 14.4. The Morgan fingerprint density at radius 1 is 1.38 bits per heavy atom. The summed E-state index contributed by atoms with van der Waals surface area (Å²) >= 11 is 0. The van der Waals surface area contributed by atoms with Crippen molar-refractivity contribution in [3.05, 3.63) is 0 Å². The van der Waals surface area contributed by atoms with E-state index in [9.17, 15) is 9.90 Å². The van der Waals surface area contributed by atoms with E-state index in [0.717, 1.165) is 0 Å². The summed E-state index contributed by atoms with van der Waals surface area (Å²) in [4.78, 5) is 11.1. The number of carbonyl (C=O) groups excluding carboxylic acids is 1. The van der Waals surface area contributed by atoms with Crippen molar-refractivity contribution < 1.29 is 14.6 Å². The highest BCUT2D eigenvalue weighted by atomic mass is 16.5. The molecule has 3 nitrogen and oxygen atoms in total. The third kappa shape index (κ3) is 4.88. The van der Waals surface area contributed by atoms with Gasteiger partial charge in [-0.15, -0.1) is 0 Å². The van der Waals surface area contributed by atoms with Crippen LogP contribution in [0.1, 0.15) is 34.6 Å². The van der Waals surface area contributed by atoms with Crippen LogP contribution in [-0.2, 0) is 9.53 Å². The lowest BCUT2D eigenvalue weighted by molar-refractivity contribution is -0.163. The maximum absolute atomic E-state index is 11.1. The summed E-state index contributed by atoms with van der Waals surface area (Å²) in [5.41, 5.74) is -1.38. The largest absolute Gasteiger partial charge is 0.463 e. The molecule has 1 atom stereocenters. The number of esters is 1. The Morgan fingerprint density at radius 2 is 1.85 bits per heavy atom.